The minimum atomic E-state index is 0.0730. The van der Waals surface area contributed by atoms with Crippen molar-refractivity contribution in [1.82, 2.24) is 0 Å². The molecule has 0 radical (unpaired) electrons. The second-order valence-electron chi connectivity index (χ2n) is 4.10. The standard InChI is InChI=1S/C15H20O2/c1-4-8-13-9-6-7-10-15(13)17-11-14(16)12(3)5-2/h4,6-10,12H,5,11H2,1-3H3. The first-order valence-corrected chi connectivity index (χ1v) is 6.06. The molecule has 0 aliphatic heterocycles. The highest BCUT2D eigenvalue weighted by atomic mass is 16.5. The average molecular weight is 232 g/mol. The first-order valence-electron chi connectivity index (χ1n) is 6.06. The maximum Gasteiger partial charge on any atom is 0.172 e. The Morgan fingerprint density at radius 3 is 2.76 bits per heavy atom. The normalized spacial score (nSPS) is 12.6. The van der Waals surface area contributed by atoms with Gasteiger partial charge in [0.1, 0.15) is 12.4 Å². The molecule has 0 heterocycles. The van der Waals surface area contributed by atoms with Crippen LogP contribution in [0.25, 0.3) is 6.08 Å². The Morgan fingerprint density at radius 1 is 1.41 bits per heavy atom. The van der Waals surface area contributed by atoms with Gasteiger partial charge in [-0.15, -0.1) is 0 Å². The Balaban J connectivity index is 2.66. The number of ether oxygens (including phenoxy) is 1. The van der Waals surface area contributed by atoms with Gasteiger partial charge in [-0.1, -0.05) is 44.2 Å². The molecular formula is C15H20O2. The van der Waals surface area contributed by atoms with E-state index >= 15 is 0 Å². The first-order chi connectivity index (χ1) is 8.19. The van der Waals surface area contributed by atoms with Gasteiger partial charge >= 0.3 is 0 Å². The van der Waals surface area contributed by atoms with E-state index in [4.69, 9.17) is 4.74 Å². The van der Waals surface area contributed by atoms with Gasteiger partial charge in [0.15, 0.2) is 5.78 Å². The van der Waals surface area contributed by atoms with Gasteiger partial charge in [0.05, 0.1) is 0 Å². The lowest BCUT2D eigenvalue weighted by Gasteiger charge is -2.11. The second-order valence-corrected chi connectivity index (χ2v) is 4.10. The molecule has 0 bridgehead atoms. The zero-order valence-electron chi connectivity index (χ0n) is 10.8. The maximum atomic E-state index is 11.7. The first kappa shape index (κ1) is 13.5. The number of carbonyl (C=O) groups is 1. The summed E-state index contributed by atoms with van der Waals surface area (Å²) in [5.74, 6) is 0.994. The van der Waals surface area contributed by atoms with Crippen molar-refractivity contribution in [2.75, 3.05) is 6.61 Å². The Bertz CT molecular complexity index is 394. The van der Waals surface area contributed by atoms with Crippen LogP contribution in [0.1, 0.15) is 32.8 Å². The van der Waals surface area contributed by atoms with Gasteiger partial charge in [-0.2, -0.15) is 0 Å². The third-order valence-corrected chi connectivity index (χ3v) is 2.80. The van der Waals surface area contributed by atoms with Crippen LogP contribution in [0.3, 0.4) is 0 Å². The van der Waals surface area contributed by atoms with Gasteiger partial charge in [-0.3, -0.25) is 4.79 Å². The highest BCUT2D eigenvalue weighted by Crippen LogP contribution is 2.19. The van der Waals surface area contributed by atoms with Crippen molar-refractivity contribution in [2.45, 2.75) is 27.2 Å². The molecule has 0 fully saturated rings. The quantitative estimate of drug-likeness (QED) is 0.747. The van der Waals surface area contributed by atoms with Crippen LogP contribution in [0, 0.1) is 5.92 Å². The second kappa shape index (κ2) is 6.89. The third-order valence-electron chi connectivity index (χ3n) is 2.80. The fourth-order valence-corrected chi connectivity index (χ4v) is 1.45. The number of rotatable bonds is 6. The molecule has 0 saturated heterocycles. The van der Waals surface area contributed by atoms with E-state index in [1.54, 1.807) is 0 Å². The van der Waals surface area contributed by atoms with Gasteiger partial charge in [-0.25, -0.2) is 0 Å². The number of Topliss-reactive ketones (excluding diaryl/α,β-unsaturated/α-hetero) is 1. The van der Waals surface area contributed by atoms with Crippen molar-refractivity contribution in [2.24, 2.45) is 5.92 Å². The van der Waals surface area contributed by atoms with Crippen molar-refractivity contribution < 1.29 is 9.53 Å². The van der Waals surface area contributed by atoms with E-state index in [0.29, 0.717) is 0 Å². The smallest absolute Gasteiger partial charge is 0.172 e. The predicted molar refractivity (Wildman–Crippen MR) is 71.1 cm³/mol. The molecule has 0 aliphatic carbocycles. The molecule has 0 N–H and O–H groups in total. The van der Waals surface area contributed by atoms with Crippen LogP contribution in [0.4, 0.5) is 0 Å². The fourth-order valence-electron chi connectivity index (χ4n) is 1.45. The summed E-state index contributed by atoms with van der Waals surface area (Å²) >= 11 is 0. The minimum absolute atomic E-state index is 0.0730. The van der Waals surface area contributed by atoms with Crippen molar-refractivity contribution in [3.05, 3.63) is 35.9 Å². The van der Waals surface area contributed by atoms with Gasteiger partial charge < -0.3 is 4.74 Å². The van der Waals surface area contributed by atoms with Crippen molar-refractivity contribution in [1.29, 1.82) is 0 Å². The molecule has 0 saturated carbocycles. The summed E-state index contributed by atoms with van der Waals surface area (Å²) in [7, 11) is 0. The zero-order chi connectivity index (χ0) is 12.7. The van der Waals surface area contributed by atoms with Gasteiger partial charge in [0.25, 0.3) is 0 Å². The largest absolute Gasteiger partial charge is 0.485 e. The lowest BCUT2D eigenvalue weighted by Crippen LogP contribution is -2.18. The molecule has 92 valence electrons. The Morgan fingerprint density at radius 2 is 2.12 bits per heavy atom. The Kier molecular flexibility index (Phi) is 5.47. The van der Waals surface area contributed by atoms with E-state index in [9.17, 15) is 4.79 Å². The van der Waals surface area contributed by atoms with Gasteiger partial charge in [0, 0.05) is 11.5 Å². The lowest BCUT2D eigenvalue weighted by molar-refractivity contribution is -0.124. The van der Waals surface area contributed by atoms with E-state index in [2.05, 4.69) is 0 Å². The third kappa shape index (κ3) is 4.06. The van der Waals surface area contributed by atoms with Crippen LogP contribution in [-0.2, 0) is 4.79 Å². The number of hydrogen-bond donors (Lipinski definition) is 0. The molecule has 1 aromatic rings. The van der Waals surface area contributed by atoms with Crippen LogP contribution < -0.4 is 4.74 Å². The number of benzene rings is 1. The molecule has 1 atom stereocenters. The topological polar surface area (TPSA) is 26.3 Å². The van der Waals surface area contributed by atoms with Crippen LogP contribution in [-0.4, -0.2) is 12.4 Å². The molecule has 17 heavy (non-hydrogen) atoms. The van der Waals surface area contributed by atoms with E-state index in [0.717, 1.165) is 17.7 Å². The van der Waals surface area contributed by atoms with Crippen molar-refractivity contribution in [3.8, 4) is 5.75 Å². The summed E-state index contributed by atoms with van der Waals surface area (Å²) in [5, 5.41) is 0. The minimum Gasteiger partial charge on any atom is -0.485 e. The number of ketones is 1. The molecular weight excluding hydrogens is 212 g/mol. The maximum absolute atomic E-state index is 11.7. The number of carbonyl (C=O) groups excluding carboxylic acids is 1. The Hall–Kier alpha value is -1.57. The Labute approximate surface area is 103 Å². The molecule has 1 rings (SSSR count). The zero-order valence-corrected chi connectivity index (χ0v) is 10.8. The summed E-state index contributed by atoms with van der Waals surface area (Å²) in [6, 6.07) is 7.73. The molecule has 1 aromatic carbocycles. The monoisotopic (exact) mass is 232 g/mol. The average Bonchev–Trinajstić information content (AvgIpc) is 2.36. The van der Waals surface area contributed by atoms with Gasteiger partial charge in [0.2, 0.25) is 0 Å². The van der Waals surface area contributed by atoms with Crippen LogP contribution >= 0.6 is 0 Å². The van der Waals surface area contributed by atoms with Crippen molar-refractivity contribution >= 4 is 11.9 Å². The SMILES string of the molecule is CC=Cc1ccccc1OCC(=O)C(C)CC. The number of para-hydroxylation sites is 1. The summed E-state index contributed by atoms with van der Waals surface area (Å²) in [5.41, 5.74) is 1.01. The fraction of sp³-hybridized carbons (Fsp3) is 0.400. The highest BCUT2D eigenvalue weighted by molar-refractivity contribution is 5.82. The summed E-state index contributed by atoms with van der Waals surface area (Å²) in [4.78, 5) is 11.7. The summed E-state index contributed by atoms with van der Waals surface area (Å²) < 4.78 is 5.57. The molecule has 0 aliphatic rings. The molecule has 2 nitrogen and oxygen atoms in total. The summed E-state index contributed by atoms with van der Waals surface area (Å²) in [6.07, 6.45) is 4.79. The molecule has 1 unspecified atom stereocenters. The van der Waals surface area contributed by atoms with E-state index in [-0.39, 0.29) is 18.3 Å². The highest BCUT2D eigenvalue weighted by Gasteiger charge is 2.11. The van der Waals surface area contributed by atoms with E-state index in [1.165, 1.54) is 0 Å². The lowest BCUT2D eigenvalue weighted by atomic mass is 10.0. The molecule has 0 spiro atoms. The molecule has 0 aromatic heterocycles. The van der Waals surface area contributed by atoms with E-state index in [1.807, 2.05) is 57.2 Å². The summed E-state index contributed by atoms with van der Waals surface area (Å²) in [6.45, 7) is 6.06. The number of allylic oxidation sites excluding steroid dienone is 1. The predicted octanol–water partition coefficient (Wildman–Crippen LogP) is 3.71. The molecule has 2 heteroatoms. The van der Waals surface area contributed by atoms with Crippen LogP contribution in [0.5, 0.6) is 5.75 Å². The van der Waals surface area contributed by atoms with Gasteiger partial charge in [-0.05, 0) is 19.4 Å². The van der Waals surface area contributed by atoms with Crippen LogP contribution in [0.2, 0.25) is 0 Å². The van der Waals surface area contributed by atoms with Crippen molar-refractivity contribution in [3.63, 3.8) is 0 Å². The number of hydrogen-bond acceptors (Lipinski definition) is 2. The molecule has 0 amide bonds. The van der Waals surface area contributed by atoms with E-state index < -0.39 is 0 Å². The van der Waals surface area contributed by atoms with Crippen LogP contribution in [0.15, 0.2) is 30.3 Å².